The van der Waals surface area contributed by atoms with Crippen LogP contribution >= 0.6 is 0 Å². The number of rotatable bonds is 4. The summed E-state index contributed by atoms with van der Waals surface area (Å²) in [6, 6.07) is 8.79. The third kappa shape index (κ3) is 2.71. The molecule has 1 heterocycles. The molecule has 0 saturated carbocycles. The van der Waals surface area contributed by atoms with Gasteiger partial charge in [0.25, 0.3) is 0 Å². The third-order valence-electron chi connectivity index (χ3n) is 4.41. The molecule has 0 fully saturated rings. The summed E-state index contributed by atoms with van der Waals surface area (Å²) in [5, 5.41) is 0.389. The molecule has 2 aromatic carbocycles. The molecule has 0 radical (unpaired) electrons. The van der Waals surface area contributed by atoms with E-state index in [1.807, 2.05) is 38.1 Å². The van der Waals surface area contributed by atoms with Crippen LogP contribution in [0.1, 0.15) is 11.1 Å². The maximum Gasteiger partial charge on any atom is 0.197 e. The van der Waals surface area contributed by atoms with Crippen molar-refractivity contribution in [3.63, 3.8) is 0 Å². The number of methoxy groups -OCH3 is 3. The Kier molecular flexibility index (Phi) is 4.40. The quantitative estimate of drug-likeness (QED) is 0.715. The summed E-state index contributed by atoms with van der Waals surface area (Å²) in [7, 11) is 4.71. The van der Waals surface area contributed by atoms with E-state index in [-0.39, 0.29) is 5.43 Å². The van der Waals surface area contributed by atoms with Gasteiger partial charge in [-0.25, -0.2) is 0 Å². The van der Waals surface area contributed by atoms with E-state index in [1.165, 1.54) is 6.07 Å². The molecule has 0 unspecified atom stereocenters. The van der Waals surface area contributed by atoms with Crippen molar-refractivity contribution >= 4 is 11.0 Å². The average molecular weight is 340 g/mol. The molecular weight excluding hydrogens is 320 g/mol. The molecule has 0 aliphatic carbocycles. The fraction of sp³-hybridized carbons (Fsp3) is 0.250. The lowest BCUT2D eigenvalue weighted by Crippen LogP contribution is -2.06. The fourth-order valence-electron chi connectivity index (χ4n) is 2.97. The van der Waals surface area contributed by atoms with E-state index >= 15 is 0 Å². The zero-order valence-corrected chi connectivity index (χ0v) is 14.9. The second-order valence-corrected chi connectivity index (χ2v) is 5.72. The molecule has 0 N–H and O–H groups in total. The van der Waals surface area contributed by atoms with E-state index in [0.29, 0.717) is 28.2 Å². The molecule has 0 amide bonds. The van der Waals surface area contributed by atoms with Gasteiger partial charge < -0.3 is 18.6 Å². The largest absolute Gasteiger partial charge is 0.497 e. The Balaban J connectivity index is 2.35. The topological polar surface area (TPSA) is 57.9 Å². The average Bonchev–Trinajstić information content (AvgIpc) is 2.63. The lowest BCUT2D eigenvalue weighted by molar-refractivity contribution is 0.397. The van der Waals surface area contributed by atoms with Crippen molar-refractivity contribution in [2.75, 3.05) is 21.3 Å². The lowest BCUT2D eigenvalue weighted by atomic mass is 10.0. The molecule has 0 bridgehead atoms. The van der Waals surface area contributed by atoms with Gasteiger partial charge in [-0.3, -0.25) is 4.79 Å². The van der Waals surface area contributed by atoms with Gasteiger partial charge in [-0.15, -0.1) is 0 Å². The minimum absolute atomic E-state index is 0.176. The van der Waals surface area contributed by atoms with Crippen LogP contribution in [-0.4, -0.2) is 21.3 Å². The highest BCUT2D eigenvalue weighted by Gasteiger charge is 2.21. The van der Waals surface area contributed by atoms with E-state index < -0.39 is 0 Å². The van der Waals surface area contributed by atoms with E-state index in [4.69, 9.17) is 18.6 Å². The van der Waals surface area contributed by atoms with Crippen LogP contribution in [0.5, 0.6) is 17.2 Å². The molecule has 130 valence electrons. The summed E-state index contributed by atoms with van der Waals surface area (Å²) >= 11 is 0. The first kappa shape index (κ1) is 16.9. The van der Waals surface area contributed by atoms with Gasteiger partial charge in [0.1, 0.15) is 22.6 Å². The van der Waals surface area contributed by atoms with Crippen LogP contribution in [0.25, 0.3) is 22.3 Å². The van der Waals surface area contributed by atoms with Crippen molar-refractivity contribution in [3.05, 3.63) is 51.7 Å². The molecule has 1 aromatic heterocycles. The smallest absolute Gasteiger partial charge is 0.197 e. The first-order chi connectivity index (χ1) is 12.0. The molecular formula is C20H20O5. The molecule has 3 aromatic rings. The van der Waals surface area contributed by atoms with Crippen molar-refractivity contribution in [3.8, 4) is 28.6 Å². The maximum absolute atomic E-state index is 12.8. The van der Waals surface area contributed by atoms with Crippen LogP contribution in [0, 0.1) is 13.8 Å². The zero-order chi connectivity index (χ0) is 18.1. The highest BCUT2D eigenvalue weighted by molar-refractivity contribution is 5.92. The van der Waals surface area contributed by atoms with Crippen molar-refractivity contribution in [2.45, 2.75) is 13.8 Å². The Labute approximate surface area is 145 Å². The SMILES string of the molecule is COc1ccc(-c2cc(=O)c3c(OC)c(C)c(C)c(OC)c3o2)cc1. The molecule has 0 spiro atoms. The Hall–Kier alpha value is -2.95. The lowest BCUT2D eigenvalue weighted by Gasteiger charge is -2.16. The molecule has 5 heteroatoms. The number of hydrogen-bond donors (Lipinski definition) is 0. The van der Waals surface area contributed by atoms with Crippen LogP contribution in [-0.2, 0) is 0 Å². The second kappa shape index (κ2) is 6.51. The van der Waals surface area contributed by atoms with Crippen LogP contribution in [0.3, 0.4) is 0 Å². The van der Waals surface area contributed by atoms with Crippen LogP contribution in [0.2, 0.25) is 0 Å². The Morgan fingerprint density at radius 3 is 2.00 bits per heavy atom. The predicted molar refractivity (Wildman–Crippen MR) is 97.1 cm³/mol. The highest BCUT2D eigenvalue weighted by Crippen LogP contribution is 2.39. The van der Waals surface area contributed by atoms with E-state index in [1.54, 1.807) is 21.3 Å². The summed E-state index contributed by atoms with van der Waals surface area (Å²) < 4.78 is 22.2. The van der Waals surface area contributed by atoms with Crippen molar-refractivity contribution < 1.29 is 18.6 Å². The van der Waals surface area contributed by atoms with Crippen LogP contribution in [0.15, 0.2) is 39.5 Å². The normalized spacial score (nSPS) is 10.8. The molecule has 0 saturated heterocycles. The van der Waals surface area contributed by atoms with Crippen molar-refractivity contribution in [1.29, 1.82) is 0 Å². The van der Waals surface area contributed by atoms with Crippen molar-refractivity contribution in [1.82, 2.24) is 0 Å². The summed E-state index contributed by atoms with van der Waals surface area (Å²) in [5.74, 6) is 2.26. The summed E-state index contributed by atoms with van der Waals surface area (Å²) in [6.07, 6.45) is 0. The number of ether oxygens (including phenoxy) is 3. The molecule has 3 rings (SSSR count). The zero-order valence-electron chi connectivity index (χ0n) is 14.9. The summed E-state index contributed by atoms with van der Waals surface area (Å²) in [4.78, 5) is 12.8. The van der Waals surface area contributed by atoms with Gasteiger partial charge in [-0.1, -0.05) is 0 Å². The van der Waals surface area contributed by atoms with Crippen LogP contribution < -0.4 is 19.6 Å². The van der Waals surface area contributed by atoms with Gasteiger partial charge in [-0.2, -0.15) is 0 Å². The minimum atomic E-state index is -0.176. The van der Waals surface area contributed by atoms with Crippen molar-refractivity contribution in [2.24, 2.45) is 0 Å². The first-order valence-electron chi connectivity index (χ1n) is 7.85. The minimum Gasteiger partial charge on any atom is -0.497 e. The summed E-state index contributed by atoms with van der Waals surface area (Å²) in [6.45, 7) is 3.81. The Morgan fingerprint density at radius 2 is 1.44 bits per heavy atom. The first-order valence-corrected chi connectivity index (χ1v) is 7.85. The van der Waals surface area contributed by atoms with Gasteiger partial charge in [0.15, 0.2) is 16.8 Å². The standard InChI is InChI=1S/C20H20O5/c1-11-12(2)19(24-5)20-17(18(11)23-4)15(21)10-16(25-20)13-6-8-14(22-3)9-7-13/h6-10H,1-5H3. The maximum atomic E-state index is 12.8. The fourth-order valence-corrected chi connectivity index (χ4v) is 2.97. The highest BCUT2D eigenvalue weighted by atomic mass is 16.5. The van der Waals surface area contributed by atoms with Gasteiger partial charge in [-0.05, 0) is 43.7 Å². The van der Waals surface area contributed by atoms with E-state index in [2.05, 4.69) is 0 Å². The second-order valence-electron chi connectivity index (χ2n) is 5.72. The Bertz CT molecular complexity index is 984. The monoisotopic (exact) mass is 340 g/mol. The van der Waals surface area contributed by atoms with Gasteiger partial charge in [0.2, 0.25) is 0 Å². The molecule has 0 aliphatic rings. The predicted octanol–water partition coefficient (Wildman–Crippen LogP) is 4.10. The van der Waals surface area contributed by atoms with Gasteiger partial charge in [0, 0.05) is 17.2 Å². The third-order valence-corrected chi connectivity index (χ3v) is 4.41. The van der Waals surface area contributed by atoms with E-state index in [0.717, 1.165) is 22.4 Å². The number of benzene rings is 2. The van der Waals surface area contributed by atoms with Gasteiger partial charge in [0.05, 0.1) is 21.3 Å². The van der Waals surface area contributed by atoms with Crippen LogP contribution in [0.4, 0.5) is 0 Å². The summed E-state index contributed by atoms with van der Waals surface area (Å²) in [5.41, 5.74) is 2.73. The number of fused-ring (bicyclic) bond motifs is 1. The molecule has 0 atom stereocenters. The number of hydrogen-bond acceptors (Lipinski definition) is 5. The van der Waals surface area contributed by atoms with E-state index in [9.17, 15) is 4.79 Å². The molecule has 25 heavy (non-hydrogen) atoms. The molecule has 5 nitrogen and oxygen atoms in total. The van der Waals surface area contributed by atoms with Gasteiger partial charge >= 0.3 is 0 Å². The Morgan fingerprint density at radius 1 is 0.840 bits per heavy atom. The molecule has 0 aliphatic heterocycles.